The average molecular weight is 254 g/mol. The van der Waals surface area contributed by atoms with E-state index in [-0.39, 0.29) is 5.92 Å². The number of hydrogen-bond donors (Lipinski definition) is 0. The van der Waals surface area contributed by atoms with Crippen LogP contribution in [0, 0.1) is 0 Å². The Hall–Kier alpha value is -1.26. The van der Waals surface area contributed by atoms with Crippen LogP contribution < -0.4 is 0 Å². The molecule has 0 spiro atoms. The fourth-order valence-corrected chi connectivity index (χ4v) is 1.98. The van der Waals surface area contributed by atoms with Crippen molar-refractivity contribution in [3.63, 3.8) is 0 Å². The van der Waals surface area contributed by atoms with Crippen LogP contribution in [0.3, 0.4) is 0 Å². The van der Waals surface area contributed by atoms with Gasteiger partial charge in [0.05, 0.1) is 13.2 Å². The van der Waals surface area contributed by atoms with Crippen LogP contribution in [0.15, 0.2) is 36.4 Å². The standard InChI is InChI=1S/C14H16F2O2/c15-14(16)3-1-2-11-4-6-12(7-5-11)13-8-17-10-18-9-13/h3-7,13H,1-2,8-10H2. The minimum absolute atomic E-state index is 0.274. The first-order chi connectivity index (χ1) is 8.75. The molecule has 1 aliphatic rings. The number of allylic oxidation sites excluding steroid dienone is 1. The zero-order chi connectivity index (χ0) is 12.8. The summed E-state index contributed by atoms with van der Waals surface area (Å²) in [7, 11) is 0. The van der Waals surface area contributed by atoms with Gasteiger partial charge < -0.3 is 9.47 Å². The van der Waals surface area contributed by atoms with Gasteiger partial charge in [-0.05, 0) is 30.0 Å². The van der Waals surface area contributed by atoms with Crippen molar-refractivity contribution in [1.82, 2.24) is 0 Å². The highest BCUT2D eigenvalue weighted by Crippen LogP contribution is 2.20. The molecule has 0 N–H and O–H groups in total. The maximum absolute atomic E-state index is 11.9. The number of ether oxygens (including phenoxy) is 2. The summed E-state index contributed by atoms with van der Waals surface area (Å²) in [5.41, 5.74) is 2.24. The van der Waals surface area contributed by atoms with E-state index in [0.29, 0.717) is 32.8 Å². The normalized spacial score (nSPS) is 16.6. The first-order valence-corrected chi connectivity index (χ1v) is 6.01. The summed E-state index contributed by atoms with van der Waals surface area (Å²) in [6, 6.07) is 8.00. The Morgan fingerprint density at radius 1 is 1.17 bits per heavy atom. The highest BCUT2D eigenvalue weighted by Gasteiger charge is 2.15. The van der Waals surface area contributed by atoms with Crippen molar-refractivity contribution in [2.24, 2.45) is 0 Å². The minimum Gasteiger partial charge on any atom is -0.355 e. The topological polar surface area (TPSA) is 18.5 Å². The molecule has 2 rings (SSSR count). The molecule has 18 heavy (non-hydrogen) atoms. The summed E-state index contributed by atoms with van der Waals surface area (Å²) < 4.78 is 34.2. The summed E-state index contributed by atoms with van der Waals surface area (Å²) >= 11 is 0. The Morgan fingerprint density at radius 2 is 1.83 bits per heavy atom. The van der Waals surface area contributed by atoms with Crippen molar-refractivity contribution >= 4 is 0 Å². The van der Waals surface area contributed by atoms with Gasteiger partial charge in [0.1, 0.15) is 6.79 Å². The van der Waals surface area contributed by atoms with Gasteiger partial charge >= 0.3 is 0 Å². The lowest BCUT2D eigenvalue weighted by atomic mass is 9.98. The summed E-state index contributed by atoms with van der Waals surface area (Å²) in [6.45, 7) is 1.72. The molecule has 1 fully saturated rings. The second-order valence-electron chi connectivity index (χ2n) is 4.33. The molecule has 1 aromatic carbocycles. The highest BCUT2D eigenvalue weighted by molar-refractivity contribution is 5.26. The first kappa shape index (κ1) is 13.2. The van der Waals surface area contributed by atoms with Crippen LogP contribution in [0.2, 0.25) is 0 Å². The quantitative estimate of drug-likeness (QED) is 0.819. The number of rotatable bonds is 4. The van der Waals surface area contributed by atoms with Gasteiger partial charge in [0, 0.05) is 5.92 Å². The van der Waals surface area contributed by atoms with Crippen LogP contribution >= 0.6 is 0 Å². The van der Waals surface area contributed by atoms with E-state index in [0.717, 1.165) is 11.6 Å². The van der Waals surface area contributed by atoms with Gasteiger partial charge in [-0.3, -0.25) is 0 Å². The number of halogens is 2. The number of aryl methyl sites for hydroxylation is 1. The van der Waals surface area contributed by atoms with E-state index < -0.39 is 6.08 Å². The summed E-state index contributed by atoms with van der Waals surface area (Å²) in [5, 5.41) is 0. The smallest absolute Gasteiger partial charge is 0.266 e. The van der Waals surface area contributed by atoms with E-state index in [1.54, 1.807) is 0 Å². The predicted molar refractivity (Wildman–Crippen MR) is 64.6 cm³/mol. The van der Waals surface area contributed by atoms with E-state index in [1.807, 2.05) is 24.3 Å². The van der Waals surface area contributed by atoms with Crippen molar-refractivity contribution in [1.29, 1.82) is 0 Å². The molecule has 4 heteroatoms. The Morgan fingerprint density at radius 3 is 2.44 bits per heavy atom. The summed E-state index contributed by atoms with van der Waals surface area (Å²) in [6.07, 6.45) is 0.353. The molecule has 2 nitrogen and oxygen atoms in total. The molecule has 0 amide bonds. The van der Waals surface area contributed by atoms with Crippen LogP contribution in [-0.4, -0.2) is 20.0 Å². The molecule has 0 radical (unpaired) electrons. The van der Waals surface area contributed by atoms with Crippen molar-refractivity contribution in [2.45, 2.75) is 18.8 Å². The van der Waals surface area contributed by atoms with E-state index >= 15 is 0 Å². The van der Waals surface area contributed by atoms with E-state index in [1.165, 1.54) is 5.56 Å². The van der Waals surface area contributed by atoms with E-state index in [4.69, 9.17) is 9.47 Å². The van der Waals surface area contributed by atoms with Gasteiger partial charge in [-0.25, -0.2) is 0 Å². The first-order valence-electron chi connectivity index (χ1n) is 6.01. The third kappa shape index (κ3) is 3.89. The molecular formula is C14H16F2O2. The minimum atomic E-state index is -1.61. The van der Waals surface area contributed by atoms with Crippen molar-refractivity contribution in [3.8, 4) is 0 Å². The zero-order valence-corrected chi connectivity index (χ0v) is 10.1. The Kier molecular flexibility index (Phi) is 4.84. The lowest BCUT2D eigenvalue weighted by molar-refractivity contribution is -0.108. The second kappa shape index (κ2) is 6.61. The van der Waals surface area contributed by atoms with Crippen molar-refractivity contribution in [3.05, 3.63) is 47.5 Å². The highest BCUT2D eigenvalue weighted by atomic mass is 19.3. The van der Waals surface area contributed by atoms with Crippen LogP contribution in [0.4, 0.5) is 8.78 Å². The largest absolute Gasteiger partial charge is 0.355 e. The van der Waals surface area contributed by atoms with Crippen LogP contribution in [0.25, 0.3) is 0 Å². The monoisotopic (exact) mass is 254 g/mol. The summed E-state index contributed by atoms with van der Waals surface area (Å²) in [4.78, 5) is 0. The molecule has 0 aromatic heterocycles. The number of benzene rings is 1. The molecule has 1 saturated heterocycles. The lowest BCUT2D eigenvalue weighted by Crippen LogP contribution is -2.22. The Labute approximate surface area is 105 Å². The molecule has 0 unspecified atom stereocenters. The molecule has 0 atom stereocenters. The lowest BCUT2D eigenvalue weighted by Gasteiger charge is -2.22. The fraction of sp³-hybridized carbons (Fsp3) is 0.429. The van der Waals surface area contributed by atoms with Crippen molar-refractivity contribution in [2.75, 3.05) is 20.0 Å². The third-order valence-corrected chi connectivity index (χ3v) is 2.99. The van der Waals surface area contributed by atoms with Crippen LogP contribution in [0.1, 0.15) is 23.5 Å². The maximum Gasteiger partial charge on any atom is 0.266 e. The number of hydrogen-bond acceptors (Lipinski definition) is 2. The Bertz CT molecular complexity index is 391. The molecule has 98 valence electrons. The van der Waals surface area contributed by atoms with Crippen LogP contribution in [-0.2, 0) is 15.9 Å². The second-order valence-corrected chi connectivity index (χ2v) is 4.33. The molecule has 0 bridgehead atoms. The molecular weight excluding hydrogens is 238 g/mol. The predicted octanol–water partition coefficient (Wildman–Crippen LogP) is 3.49. The molecule has 1 heterocycles. The van der Waals surface area contributed by atoms with Gasteiger partial charge in [-0.2, -0.15) is 8.78 Å². The fourth-order valence-electron chi connectivity index (χ4n) is 1.98. The van der Waals surface area contributed by atoms with Gasteiger partial charge in [0.2, 0.25) is 0 Å². The zero-order valence-electron chi connectivity index (χ0n) is 10.1. The van der Waals surface area contributed by atoms with Gasteiger partial charge in [-0.1, -0.05) is 24.3 Å². The van der Waals surface area contributed by atoms with Gasteiger partial charge in [0.25, 0.3) is 6.08 Å². The average Bonchev–Trinajstić information content (AvgIpc) is 2.40. The van der Waals surface area contributed by atoms with E-state index in [9.17, 15) is 8.78 Å². The summed E-state index contributed by atoms with van der Waals surface area (Å²) in [5.74, 6) is 0.274. The Balaban J connectivity index is 1.90. The van der Waals surface area contributed by atoms with Gasteiger partial charge in [-0.15, -0.1) is 0 Å². The van der Waals surface area contributed by atoms with Gasteiger partial charge in [0.15, 0.2) is 0 Å². The SMILES string of the molecule is FC(F)=CCCc1ccc(C2COCOC2)cc1. The molecule has 0 aliphatic carbocycles. The van der Waals surface area contributed by atoms with Crippen LogP contribution in [0.5, 0.6) is 0 Å². The molecule has 1 aromatic rings. The molecule has 0 saturated carbocycles. The molecule has 1 aliphatic heterocycles. The van der Waals surface area contributed by atoms with E-state index in [2.05, 4.69) is 0 Å². The maximum atomic E-state index is 11.9. The van der Waals surface area contributed by atoms with Crippen molar-refractivity contribution < 1.29 is 18.3 Å². The third-order valence-electron chi connectivity index (χ3n) is 2.99.